The van der Waals surface area contributed by atoms with Crippen LogP contribution >= 0.6 is 11.3 Å². The number of thiophene rings is 1. The molecule has 2 atom stereocenters. The van der Waals surface area contributed by atoms with Crippen molar-refractivity contribution in [2.24, 2.45) is 0 Å². The first-order valence-corrected chi connectivity index (χ1v) is 8.43. The van der Waals surface area contributed by atoms with E-state index in [0.29, 0.717) is 0 Å². The molecular weight excluding hydrogens is 274 g/mol. The minimum Gasteiger partial charge on any atom is -0.598 e. The molecule has 2 aromatic rings. The van der Waals surface area contributed by atoms with Gasteiger partial charge in [-0.05, 0) is 51.6 Å². The Bertz CT molecular complexity index is 571. The first-order chi connectivity index (χ1) is 8.80. The number of fused-ring (bicyclic) bond motifs is 1. The van der Waals surface area contributed by atoms with E-state index >= 15 is 0 Å². The number of benzene rings is 1. The molecule has 0 fully saturated rings. The Balaban J connectivity index is 2.27. The lowest BCUT2D eigenvalue weighted by Gasteiger charge is -2.26. The number of hydrogen-bond donors (Lipinski definition) is 1. The van der Waals surface area contributed by atoms with Crippen LogP contribution < -0.4 is 4.72 Å². The molecule has 104 valence electrons. The van der Waals surface area contributed by atoms with Gasteiger partial charge in [0.1, 0.15) is 4.75 Å². The predicted octanol–water partition coefficient (Wildman–Crippen LogP) is 4.32. The van der Waals surface area contributed by atoms with Crippen LogP contribution in [-0.4, -0.2) is 9.30 Å². The minimum atomic E-state index is -1.04. The van der Waals surface area contributed by atoms with Crippen LogP contribution in [0, 0.1) is 6.92 Å². The van der Waals surface area contributed by atoms with Crippen molar-refractivity contribution in [1.82, 2.24) is 4.72 Å². The van der Waals surface area contributed by atoms with Crippen LogP contribution in [0.5, 0.6) is 0 Å². The van der Waals surface area contributed by atoms with Gasteiger partial charge < -0.3 is 4.55 Å². The molecule has 0 aliphatic carbocycles. The van der Waals surface area contributed by atoms with Crippen LogP contribution in [0.3, 0.4) is 0 Å². The Morgan fingerprint density at radius 3 is 2.47 bits per heavy atom. The summed E-state index contributed by atoms with van der Waals surface area (Å²) >= 11 is 0.746. The fourth-order valence-electron chi connectivity index (χ4n) is 2.00. The predicted molar refractivity (Wildman–Crippen MR) is 86.0 cm³/mol. The molecule has 0 bridgehead atoms. The molecule has 0 saturated heterocycles. The average Bonchev–Trinajstić information content (AvgIpc) is 2.66. The van der Waals surface area contributed by atoms with Gasteiger partial charge in [0, 0.05) is 20.9 Å². The van der Waals surface area contributed by atoms with E-state index < -0.39 is 11.4 Å². The summed E-state index contributed by atoms with van der Waals surface area (Å²) in [4.78, 5) is 1.28. The summed E-state index contributed by atoms with van der Waals surface area (Å²) < 4.78 is 16.5. The van der Waals surface area contributed by atoms with E-state index in [0.717, 1.165) is 0 Å². The SMILES string of the molecule is Cc1c([C@@H](C)N[S@+]([O-])C(C)(C)C)sc2ccccc12. The second kappa shape index (κ2) is 5.44. The summed E-state index contributed by atoms with van der Waals surface area (Å²) in [5, 5.41) is 1.30. The monoisotopic (exact) mass is 295 g/mol. The van der Waals surface area contributed by atoms with E-state index in [-0.39, 0.29) is 10.8 Å². The lowest BCUT2D eigenvalue weighted by molar-refractivity contribution is 0.532. The Labute approximate surface area is 122 Å². The molecule has 1 aromatic carbocycles. The van der Waals surface area contributed by atoms with Gasteiger partial charge in [0.05, 0.1) is 6.04 Å². The largest absolute Gasteiger partial charge is 0.598 e. The van der Waals surface area contributed by atoms with Gasteiger partial charge in [-0.15, -0.1) is 16.1 Å². The number of hydrogen-bond acceptors (Lipinski definition) is 3. The highest BCUT2D eigenvalue weighted by Gasteiger charge is 2.29. The number of aryl methyl sites for hydroxylation is 1. The fraction of sp³-hybridized carbons (Fsp3) is 0.467. The van der Waals surface area contributed by atoms with Crippen LogP contribution in [0.25, 0.3) is 10.1 Å². The second-order valence-electron chi connectivity index (χ2n) is 5.81. The molecule has 0 aliphatic rings. The van der Waals surface area contributed by atoms with Gasteiger partial charge in [0.15, 0.2) is 0 Å². The minimum absolute atomic E-state index is 0.109. The van der Waals surface area contributed by atoms with Gasteiger partial charge in [-0.3, -0.25) is 0 Å². The number of rotatable bonds is 3. The molecule has 4 heteroatoms. The van der Waals surface area contributed by atoms with E-state index in [1.807, 2.05) is 20.8 Å². The maximum Gasteiger partial charge on any atom is 0.136 e. The van der Waals surface area contributed by atoms with E-state index in [1.165, 1.54) is 20.5 Å². The molecule has 0 unspecified atom stereocenters. The van der Waals surface area contributed by atoms with Crippen molar-refractivity contribution in [2.75, 3.05) is 0 Å². The van der Waals surface area contributed by atoms with Crippen molar-refractivity contribution >= 4 is 32.8 Å². The molecule has 0 aliphatic heterocycles. The smallest absolute Gasteiger partial charge is 0.136 e. The molecule has 2 nitrogen and oxygen atoms in total. The van der Waals surface area contributed by atoms with Gasteiger partial charge in [-0.1, -0.05) is 18.2 Å². The Morgan fingerprint density at radius 1 is 1.26 bits per heavy atom. The Kier molecular flexibility index (Phi) is 4.26. The summed E-state index contributed by atoms with van der Waals surface area (Å²) in [6, 6.07) is 8.53. The maximum absolute atomic E-state index is 12.2. The zero-order valence-corrected chi connectivity index (χ0v) is 13.7. The van der Waals surface area contributed by atoms with Crippen LogP contribution in [0.15, 0.2) is 24.3 Å². The van der Waals surface area contributed by atoms with Crippen LogP contribution in [0.4, 0.5) is 0 Å². The molecule has 0 spiro atoms. The molecule has 2 rings (SSSR count). The summed E-state index contributed by atoms with van der Waals surface area (Å²) in [7, 11) is 0. The first-order valence-electron chi connectivity index (χ1n) is 6.47. The van der Waals surface area contributed by atoms with Gasteiger partial charge in [-0.25, -0.2) is 0 Å². The van der Waals surface area contributed by atoms with Gasteiger partial charge in [0.25, 0.3) is 0 Å². The maximum atomic E-state index is 12.2. The Hall–Kier alpha value is -0.550. The summed E-state index contributed by atoms with van der Waals surface area (Å²) in [6.07, 6.45) is 0. The summed E-state index contributed by atoms with van der Waals surface area (Å²) in [6.45, 7) is 10.2. The average molecular weight is 295 g/mol. The van der Waals surface area contributed by atoms with Crippen molar-refractivity contribution < 1.29 is 4.55 Å². The second-order valence-corrected chi connectivity index (χ2v) is 8.89. The quantitative estimate of drug-likeness (QED) is 0.856. The molecular formula is C15H21NOS2. The zero-order valence-electron chi connectivity index (χ0n) is 12.1. The van der Waals surface area contributed by atoms with E-state index in [4.69, 9.17) is 0 Å². The highest BCUT2D eigenvalue weighted by molar-refractivity contribution is 7.90. The highest BCUT2D eigenvalue weighted by atomic mass is 32.2. The van der Waals surface area contributed by atoms with Crippen LogP contribution in [0.2, 0.25) is 0 Å². The van der Waals surface area contributed by atoms with Crippen molar-refractivity contribution in [3.8, 4) is 0 Å². The van der Waals surface area contributed by atoms with Crippen molar-refractivity contribution in [3.05, 3.63) is 34.7 Å². The summed E-state index contributed by atoms with van der Waals surface area (Å²) in [5.41, 5.74) is 1.30. The third-order valence-electron chi connectivity index (χ3n) is 3.11. The Morgan fingerprint density at radius 2 is 1.89 bits per heavy atom. The lowest BCUT2D eigenvalue weighted by atomic mass is 10.1. The molecule has 1 N–H and O–H groups in total. The topological polar surface area (TPSA) is 35.1 Å². The van der Waals surface area contributed by atoms with Crippen molar-refractivity contribution in [3.63, 3.8) is 0 Å². The summed E-state index contributed by atoms with van der Waals surface area (Å²) in [5.74, 6) is 0. The van der Waals surface area contributed by atoms with E-state index in [1.54, 1.807) is 11.3 Å². The highest BCUT2D eigenvalue weighted by Crippen LogP contribution is 2.35. The third kappa shape index (κ3) is 3.14. The molecule has 0 radical (unpaired) electrons. The first kappa shape index (κ1) is 14.9. The third-order valence-corrected chi connectivity index (χ3v) is 6.25. The van der Waals surface area contributed by atoms with Crippen molar-refractivity contribution in [1.29, 1.82) is 0 Å². The van der Waals surface area contributed by atoms with Gasteiger partial charge in [0.2, 0.25) is 0 Å². The molecule has 19 heavy (non-hydrogen) atoms. The van der Waals surface area contributed by atoms with Crippen LogP contribution in [-0.2, 0) is 11.4 Å². The molecule has 0 saturated carbocycles. The molecule has 1 heterocycles. The van der Waals surface area contributed by atoms with Gasteiger partial charge in [-0.2, -0.15) is 0 Å². The van der Waals surface area contributed by atoms with Crippen LogP contribution in [0.1, 0.15) is 44.2 Å². The normalized spacial score (nSPS) is 15.7. The van der Waals surface area contributed by atoms with Crippen molar-refractivity contribution in [2.45, 2.75) is 45.4 Å². The number of nitrogens with one attached hydrogen (secondary N) is 1. The van der Waals surface area contributed by atoms with E-state index in [9.17, 15) is 4.55 Å². The zero-order chi connectivity index (χ0) is 14.2. The fourth-order valence-corrected chi connectivity index (χ4v) is 4.08. The molecule has 1 aromatic heterocycles. The van der Waals surface area contributed by atoms with E-state index in [2.05, 4.69) is 42.8 Å². The standard InChI is InChI=1S/C15H21NOS2/c1-10-12-8-6-7-9-13(12)18-14(10)11(2)16-19(17)15(3,4)5/h6-9,11,16H,1-5H3/t11-,19-/m1/s1. The lowest BCUT2D eigenvalue weighted by Crippen LogP contribution is -2.40. The van der Waals surface area contributed by atoms with Gasteiger partial charge >= 0.3 is 0 Å². The molecule has 0 amide bonds.